The van der Waals surface area contributed by atoms with E-state index in [2.05, 4.69) is 15.9 Å². The summed E-state index contributed by atoms with van der Waals surface area (Å²) in [6.07, 6.45) is 2.28. The zero-order valence-corrected chi connectivity index (χ0v) is 20.8. The van der Waals surface area contributed by atoms with Gasteiger partial charge in [0.2, 0.25) is 0 Å². The van der Waals surface area contributed by atoms with Gasteiger partial charge in [-0.1, -0.05) is 43.3 Å². The molecule has 3 aromatic rings. The highest BCUT2D eigenvalue weighted by Crippen LogP contribution is 2.38. The van der Waals surface area contributed by atoms with Crippen LogP contribution in [-0.4, -0.2) is 31.6 Å². The molecule has 0 aliphatic carbocycles. The monoisotopic (exact) mass is 534 g/mol. The van der Waals surface area contributed by atoms with Crippen molar-refractivity contribution in [3.8, 4) is 11.5 Å². The van der Waals surface area contributed by atoms with E-state index in [1.165, 1.54) is 13.2 Å². The first-order chi connectivity index (χ1) is 17.0. The lowest BCUT2D eigenvalue weighted by Crippen LogP contribution is -2.57. The van der Waals surface area contributed by atoms with Crippen LogP contribution in [0.2, 0.25) is 0 Å². The number of halogens is 1. The number of barbiturate groups is 1. The number of hydrogen-bond acceptors (Lipinski definition) is 5. The lowest BCUT2D eigenvalue weighted by Gasteiger charge is -2.34. The summed E-state index contributed by atoms with van der Waals surface area (Å²) < 4.78 is 11.9. The number of para-hydroxylation sites is 2. The van der Waals surface area contributed by atoms with Crippen LogP contribution in [0, 0.1) is 0 Å². The van der Waals surface area contributed by atoms with Gasteiger partial charge in [-0.2, -0.15) is 0 Å². The predicted octanol–water partition coefficient (Wildman–Crippen LogP) is 5.83. The van der Waals surface area contributed by atoms with Crippen LogP contribution in [0.4, 0.5) is 16.2 Å². The van der Waals surface area contributed by atoms with Crippen molar-refractivity contribution in [1.82, 2.24) is 0 Å². The molecule has 8 heteroatoms. The Labute approximate surface area is 211 Å². The maximum absolute atomic E-state index is 13.5. The number of methoxy groups -OCH3 is 1. The van der Waals surface area contributed by atoms with Crippen molar-refractivity contribution in [1.29, 1.82) is 0 Å². The quantitative estimate of drug-likeness (QED) is 0.281. The van der Waals surface area contributed by atoms with Crippen LogP contribution in [-0.2, 0) is 9.59 Å². The largest absolute Gasteiger partial charge is 0.493 e. The van der Waals surface area contributed by atoms with Crippen molar-refractivity contribution in [2.45, 2.75) is 13.3 Å². The third-order valence-corrected chi connectivity index (χ3v) is 5.88. The van der Waals surface area contributed by atoms with E-state index >= 15 is 0 Å². The highest BCUT2D eigenvalue weighted by atomic mass is 79.9. The molecule has 4 rings (SSSR count). The van der Waals surface area contributed by atoms with Crippen LogP contribution in [0.25, 0.3) is 6.08 Å². The Kier molecular flexibility index (Phi) is 7.31. The molecule has 0 unspecified atom stereocenters. The molecule has 1 aliphatic heterocycles. The zero-order chi connectivity index (χ0) is 24.9. The van der Waals surface area contributed by atoms with Gasteiger partial charge in [-0.25, -0.2) is 14.6 Å². The van der Waals surface area contributed by atoms with E-state index < -0.39 is 17.8 Å². The van der Waals surface area contributed by atoms with Crippen LogP contribution in [0.1, 0.15) is 18.9 Å². The molecule has 1 fully saturated rings. The Morgan fingerprint density at radius 2 is 1.40 bits per heavy atom. The van der Waals surface area contributed by atoms with Crippen molar-refractivity contribution in [3.05, 3.63) is 88.4 Å². The minimum absolute atomic E-state index is 0.159. The predicted molar refractivity (Wildman–Crippen MR) is 138 cm³/mol. The van der Waals surface area contributed by atoms with E-state index in [-0.39, 0.29) is 5.57 Å². The Balaban J connectivity index is 1.84. The van der Waals surface area contributed by atoms with Gasteiger partial charge in [-0.05, 0) is 70.4 Å². The van der Waals surface area contributed by atoms with Gasteiger partial charge >= 0.3 is 6.03 Å². The molecular weight excluding hydrogens is 512 g/mol. The second kappa shape index (κ2) is 10.6. The van der Waals surface area contributed by atoms with Gasteiger partial charge in [-0.15, -0.1) is 0 Å². The summed E-state index contributed by atoms with van der Waals surface area (Å²) >= 11 is 3.49. The molecule has 7 nitrogen and oxygen atoms in total. The molecule has 0 bridgehead atoms. The van der Waals surface area contributed by atoms with Gasteiger partial charge in [0.1, 0.15) is 5.57 Å². The van der Waals surface area contributed by atoms with Crippen molar-refractivity contribution >= 4 is 51.2 Å². The number of carbonyl (C=O) groups is 3. The Morgan fingerprint density at radius 1 is 0.857 bits per heavy atom. The fourth-order valence-electron chi connectivity index (χ4n) is 3.67. The summed E-state index contributed by atoms with van der Waals surface area (Å²) in [5.74, 6) is -0.435. The van der Waals surface area contributed by atoms with Crippen LogP contribution in [0.15, 0.2) is 82.8 Å². The molecule has 3 aromatic carbocycles. The molecular formula is C27H23BrN2O5. The number of carbonyl (C=O) groups excluding carboxylic acids is 3. The Morgan fingerprint density at radius 3 is 1.89 bits per heavy atom. The topological polar surface area (TPSA) is 76.2 Å². The van der Waals surface area contributed by atoms with Gasteiger partial charge in [0.25, 0.3) is 11.8 Å². The third-order valence-electron chi connectivity index (χ3n) is 5.29. The number of nitrogens with zero attached hydrogens (tertiary/aromatic N) is 2. The van der Waals surface area contributed by atoms with Crippen LogP contribution < -0.4 is 19.3 Å². The fraction of sp³-hybridized carbons (Fsp3) is 0.148. The van der Waals surface area contributed by atoms with E-state index in [4.69, 9.17) is 9.47 Å². The van der Waals surface area contributed by atoms with Crippen molar-refractivity contribution in [2.75, 3.05) is 23.5 Å². The highest BCUT2D eigenvalue weighted by Gasteiger charge is 2.43. The molecule has 0 saturated carbocycles. The first kappa shape index (κ1) is 24.2. The lowest BCUT2D eigenvalue weighted by atomic mass is 10.0. The Hall–Kier alpha value is -3.91. The molecule has 0 aromatic heterocycles. The van der Waals surface area contributed by atoms with Crippen molar-refractivity contribution in [2.24, 2.45) is 0 Å². The summed E-state index contributed by atoms with van der Waals surface area (Å²) in [6, 6.07) is 19.7. The van der Waals surface area contributed by atoms with Crippen LogP contribution in [0.3, 0.4) is 0 Å². The third kappa shape index (κ3) is 4.83. The average molecular weight is 535 g/mol. The van der Waals surface area contributed by atoms with E-state index in [1.54, 1.807) is 72.8 Å². The fourth-order valence-corrected chi connectivity index (χ4v) is 4.25. The molecule has 0 spiro atoms. The number of rotatable bonds is 7. The molecule has 178 valence electrons. The second-order valence-corrected chi connectivity index (χ2v) is 8.53. The summed E-state index contributed by atoms with van der Waals surface area (Å²) in [7, 11) is 1.52. The Bertz CT molecular complexity index is 1230. The standard InChI is InChI=1S/C27H23BrN2O5/c1-3-14-35-24-22(28)16-18(17-23(24)34-2)15-21-25(31)29(19-10-6-4-7-11-19)27(33)30(26(21)32)20-12-8-5-9-13-20/h4-13,15-17H,3,14H2,1-2H3. The first-order valence-corrected chi connectivity index (χ1v) is 11.8. The molecule has 0 N–H and O–H groups in total. The van der Waals surface area contributed by atoms with Gasteiger partial charge in [-0.3, -0.25) is 9.59 Å². The van der Waals surface area contributed by atoms with Gasteiger partial charge in [0.05, 0.1) is 29.6 Å². The SMILES string of the molecule is CCCOc1c(Br)cc(C=C2C(=O)N(c3ccccc3)C(=O)N(c3ccccc3)C2=O)cc1OC. The summed E-state index contributed by atoms with van der Waals surface area (Å²) in [5.41, 5.74) is 1.10. The summed E-state index contributed by atoms with van der Waals surface area (Å²) in [6.45, 7) is 2.50. The van der Waals surface area contributed by atoms with Gasteiger partial charge in [0.15, 0.2) is 11.5 Å². The molecule has 1 aliphatic rings. The van der Waals surface area contributed by atoms with Gasteiger partial charge in [0, 0.05) is 0 Å². The van der Waals surface area contributed by atoms with Gasteiger partial charge < -0.3 is 9.47 Å². The summed E-state index contributed by atoms with van der Waals surface area (Å²) in [4.78, 5) is 42.4. The number of amides is 4. The zero-order valence-electron chi connectivity index (χ0n) is 19.2. The number of anilines is 2. The normalized spacial score (nSPS) is 13.8. The highest BCUT2D eigenvalue weighted by molar-refractivity contribution is 9.10. The average Bonchev–Trinajstić information content (AvgIpc) is 2.87. The number of imide groups is 2. The van der Waals surface area contributed by atoms with Crippen molar-refractivity contribution < 1.29 is 23.9 Å². The molecule has 4 amide bonds. The molecule has 0 radical (unpaired) electrons. The number of ether oxygens (including phenoxy) is 2. The molecule has 1 heterocycles. The number of hydrogen-bond donors (Lipinski definition) is 0. The number of urea groups is 1. The van der Waals surface area contributed by atoms with E-state index in [0.29, 0.717) is 39.5 Å². The van der Waals surface area contributed by atoms with Crippen molar-refractivity contribution in [3.63, 3.8) is 0 Å². The molecule has 0 atom stereocenters. The maximum atomic E-state index is 13.5. The minimum atomic E-state index is -0.739. The van der Waals surface area contributed by atoms with E-state index in [9.17, 15) is 14.4 Å². The van der Waals surface area contributed by atoms with E-state index in [1.807, 2.05) is 6.92 Å². The van der Waals surface area contributed by atoms with E-state index in [0.717, 1.165) is 16.2 Å². The smallest absolute Gasteiger partial charge is 0.343 e. The van der Waals surface area contributed by atoms with Crippen LogP contribution >= 0.6 is 15.9 Å². The summed E-state index contributed by atoms with van der Waals surface area (Å²) in [5, 5.41) is 0. The second-order valence-electron chi connectivity index (χ2n) is 7.68. The minimum Gasteiger partial charge on any atom is -0.493 e. The number of benzene rings is 3. The van der Waals surface area contributed by atoms with Crippen LogP contribution in [0.5, 0.6) is 11.5 Å². The first-order valence-electron chi connectivity index (χ1n) is 11.0. The molecule has 1 saturated heterocycles. The molecule has 35 heavy (non-hydrogen) atoms. The lowest BCUT2D eigenvalue weighted by molar-refractivity contribution is -0.121. The maximum Gasteiger partial charge on any atom is 0.343 e.